The van der Waals surface area contributed by atoms with Crippen LogP contribution < -0.4 is 16.4 Å². The van der Waals surface area contributed by atoms with Gasteiger partial charge in [-0.05, 0) is 32.7 Å². The molecule has 11 heteroatoms. The molecule has 1 saturated heterocycles. The summed E-state index contributed by atoms with van der Waals surface area (Å²) in [5.74, 6) is 0. The van der Waals surface area contributed by atoms with Gasteiger partial charge >= 0.3 is 0 Å². The van der Waals surface area contributed by atoms with Crippen LogP contribution in [-0.2, 0) is 18.7 Å². The van der Waals surface area contributed by atoms with Crippen LogP contribution in [0.25, 0.3) is 0 Å². The van der Waals surface area contributed by atoms with E-state index in [0.29, 0.717) is 24.9 Å². The Balaban J connectivity index is 2.66. The zero-order valence-electron chi connectivity index (χ0n) is 15.3. The number of hydrogen-bond acceptors (Lipinski definition) is 7. The average molecular weight is 410 g/mol. The van der Waals surface area contributed by atoms with Crippen molar-refractivity contribution in [2.75, 3.05) is 53.2 Å². The third kappa shape index (κ3) is 8.68. The van der Waals surface area contributed by atoms with E-state index in [-0.39, 0.29) is 24.3 Å². The molecule has 7 nitrogen and oxygen atoms in total. The summed E-state index contributed by atoms with van der Waals surface area (Å²) < 4.78 is 23.4. The largest absolute Gasteiger partial charge is 0.463 e. The summed E-state index contributed by atoms with van der Waals surface area (Å²) >= 11 is 5.31. The van der Waals surface area contributed by atoms with Gasteiger partial charge in [0.1, 0.15) is 18.3 Å². The first kappa shape index (κ1) is 23.3. The second-order valence-electron chi connectivity index (χ2n) is 6.27. The molecule has 2 unspecified atom stereocenters. The zero-order chi connectivity index (χ0) is 18.9. The molecule has 5 atom stereocenters. The number of ether oxygens (including phenoxy) is 3. The van der Waals surface area contributed by atoms with Gasteiger partial charge in [-0.25, -0.2) is 0 Å². The highest BCUT2D eigenvalue weighted by Gasteiger charge is 2.47. The van der Waals surface area contributed by atoms with Crippen molar-refractivity contribution in [2.24, 2.45) is 5.73 Å². The first-order chi connectivity index (χ1) is 11.8. The number of rotatable bonds is 11. The molecule has 0 spiro atoms. The number of methoxy groups -OCH3 is 1. The summed E-state index contributed by atoms with van der Waals surface area (Å²) in [6.07, 6.45) is 3.25. The van der Waals surface area contributed by atoms with Crippen molar-refractivity contribution < 1.29 is 18.7 Å². The van der Waals surface area contributed by atoms with E-state index in [4.69, 9.17) is 36.7 Å². The lowest BCUT2D eigenvalue weighted by Crippen LogP contribution is -2.43. The molecule has 1 fully saturated rings. The SMILES string of the molecule is C=P(C)(C)O[C@@H]1C(OC(=S)NCCNCCN)[C@H]([B]P)O[C@@H]1COC. The van der Waals surface area contributed by atoms with Gasteiger partial charge in [0, 0.05) is 33.3 Å². The predicted octanol–water partition coefficient (Wildman–Crippen LogP) is -0.331. The quantitative estimate of drug-likeness (QED) is 0.185. The van der Waals surface area contributed by atoms with E-state index in [9.17, 15) is 0 Å². The van der Waals surface area contributed by atoms with E-state index < -0.39 is 7.11 Å². The molecule has 0 aromatic heterocycles. The van der Waals surface area contributed by atoms with Crippen LogP contribution in [0.1, 0.15) is 0 Å². The van der Waals surface area contributed by atoms with Crippen LogP contribution in [0.2, 0.25) is 0 Å². The van der Waals surface area contributed by atoms with Gasteiger partial charge in [-0.3, -0.25) is 0 Å². The van der Waals surface area contributed by atoms with Gasteiger partial charge in [-0.2, -0.15) is 9.12 Å². The fourth-order valence-corrected chi connectivity index (χ4v) is 3.88. The summed E-state index contributed by atoms with van der Waals surface area (Å²) in [7, 11) is 2.46. The van der Waals surface area contributed by atoms with Crippen LogP contribution in [0.4, 0.5) is 0 Å². The van der Waals surface area contributed by atoms with Crippen molar-refractivity contribution in [3.05, 3.63) is 0 Å². The molecule has 0 aromatic carbocycles. The monoisotopic (exact) mass is 410 g/mol. The van der Waals surface area contributed by atoms with Crippen LogP contribution in [0, 0.1) is 0 Å². The van der Waals surface area contributed by atoms with Crippen molar-refractivity contribution in [3.63, 3.8) is 0 Å². The maximum Gasteiger partial charge on any atom is 0.257 e. The molecule has 1 aliphatic rings. The fourth-order valence-electron chi connectivity index (χ4n) is 2.45. The Hall–Kier alpha value is 0.285. The summed E-state index contributed by atoms with van der Waals surface area (Å²) in [5, 5.41) is 6.59. The Morgan fingerprint density at radius 3 is 2.64 bits per heavy atom. The van der Waals surface area contributed by atoms with Gasteiger partial charge < -0.3 is 35.1 Å². The molecule has 0 bridgehead atoms. The smallest absolute Gasteiger partial charge is 0.257 e. The highest BCUT2D eigenvalue weighted by atomic mass is 32.1. The Labute approximate surface area is 159 Å². The van der Waals surface area contributed by atoms with Crippen molar-refractivity contribution in [1.29, 1.82) is 0 Å². The summed E-state index contributed by atoms with van der Waals surface area (Å²) in [4.78, 5) is 0. The molecular weight excluding hydrogens is 379 g/mol. The molecule has 4 N–H and O–H groups in total. The Morgan fingerprint density at radius 1 is 1.36 bits per heavy atom. The lowest BCUT2D eigenvalue weighted by Gasteiger charge is -2.29. The van der Waals surface area contributed by atoms with Gasteiger partial charge in [0.25, 0.3) is 5.17 Å². The van der Waals surface area contributed by atoms with E-state index in [2.05, 4.69) is 26.1 Å². The van der Waals surface area contributed by atoms with Gasteiger partial charge in [0.15, 0.2) is 7.00 Å². The minimum absolute atomic E-state index is 0.230. The molecule has 1 rings (SSSR count). The molecule has 0 saturated carbocycles. The van der Waals surface area contributed by atoms with Crippen LogP contribution in [-0.4, -0.2) is 96.0 Å². The molecule has 145 valence electrons. The van der Waals surface area contributed by atoms with Crippen molar-refractivity contribution in [3.8, 4) is 0 Å². The van der Waals surface area contributed by atoms with Gasteiger partial charge in [0.2, 0.25) is 0 Å². The van der Waals surface area contributed by atoms with Crippen LogP contribution in [0.5, 0.6) is 0 Å². The van der Waals surface area contributed by atoms with Crippen LogP contribution in [0.3, 0.4) is 0 Å². The Morgan fingerprint density at radius 2 is 2.08 bits per heavy atom. The third-order valence-corrected chi connectivity index (χ3v) is 4.84. The van der Waals surface area contributed by atoms with Crippen LogP contribution in [0.15, 0.2) is 0 Å². The summed E-state index contributed by atoms with van der Waals surface area (Å²) in [6, 6.07) is -0.253. The second-order valence-corrected chi connectivity index (χ2v) is 10.4. The van der Waals surface area contributed by atoms with Crippen LogP contribution >= 0.6 is 28.4 Å². The molecule has 1 heterocycles. The Bertz CT molecular complexity index is 458. The minimum atomic E-state index is -1.75. The number of hydrogen-bond donors (Lipinski definition) is 3. The molecule has 25 heavy (non-hydrogen) atoms. The van der Waals surface area contributed by atoms with E-state index in [1.165, 1.54) is 0 Å². The van der Waals surface area contributed by atoms with Gasteiger partial charge in [-0.1, -0.05) is 6.30 Å². The van der Waals surface area contributed by atoms with Crippen molar-refractivity contribution in [2.45, 2.75) is 24.3 Å². The summed E-state index contributed by atoms with van der Waals surface area (Å²) in [6.45, 7) is 9.09. The van der Waals surface area contributed by atoms with E-state index >= 15 is 0 Å². The predicted molar refractivity (Wildman–Crippen MR) is 114 cm³/mol. The molecular formula is C14H31BN3O4P2S. The fraction of sp³-hybridized carbons (Fsp3) is 0.857. The molecule has 0 aromatic rings. The number of thiocarbonyl (C=S) groups is 1. The zero-order valence-corrected chi connectivity index (χ0v) is 18.1. The van der Waals surface area contributed by atoms with Crippen molar-refractivity contribution >= 4 is 46.9 Å². The van der Waals surface area contributed by atoms with Gasteiger partial charge in [0.05, 0.1) is 12.6 Å². The average Bonchev–Trinajstić information content (AvgIpc) is 2.83. The highest BCUT2D eigenvalue weighted by molar-refractivity contribution is 7.80. The van der Waals surface area contributed by atoms with E-state index in [1.54, 1.807) is 7.11 Å². The topological polar surface area (TPSA) is 87.0 Å². The first-order valence-corrected chi connectivity index (χ1v) is 12.1. The molecule has 0 aliphatic carbocycles. The lowest BCUT2D eigenvalue weighted by atomic mass is 9.91. The van der Waals surface area contributed by atoms with E-state index in [1.807, 2.05) is 20.3 Å². The molecule has 1 aliphatic heterocycles. The van der Waals surface area contributed by atoms with E-state index in [0.717, 1.165) is 13.1 Å². The highest BCUT2D eigenvalue weighted by Crippen LogP contribution is 2.43. The van der Waals surface area contributed by atoms with Gasteiger partial charge in [-0.15, -0.1) is 0 Å². The third-order valence-electron chi connectivity index (χ3n) is 3.41. The molecule has 0 amide bonds. The normalized spacial score (nSPS) is 26.4. The maximum absolute atomic E-state index is 6.19. The maximum atomic E-state index is 6.19. The number of nitrogens with one attached hydrogen (secondary N) is 2. The standard InChI is InChI=1S/C14H31BN3O4P2S/c1-19-9-10-11(22-24(2,3)4)12(13(15-23)20-10)21-14(25)18-8-7-17-6-5-16/h10-13,17H,2,5-9,16,23H2,1,3-4H3,(H,18,25)/t10-,11+,12?,13-/m1/s1. The second kappa shape index (κ2) is 11.9. The first-order valence-electron chi connectivity index (χ1n) is 8.24. The van der Waals surface area contributed by atoms with Crippen molar-refractivity contribution in [1.82, 2.24) is 10.6 Å². The summed E-state index contributed by atoms with van der Waals surface area (Å²) in [5.41, 5.74) is 5.43. The minimum Gasteiger partial charge on any atom is -0.463 e. The number of nitrogens with two attached hydrogens (primary N) is 1. The molecule has 1 radical (unpaired) electrons. The lowest BCUT2D eigenvalue weighted by molar-refractivity contribution is -0.00886. The Kier molecular flexibility index (Phi) is 11.1.